The van der Waals surface area contributed by atoms with Crippen LogP contribution in [0, 0.1) is 17.7 Å². The van der Waals surface area contributed by atoms with Crippen LogP contribution >= 0.6 is 0 Å². The lowest BCUT2D eigenvalue weighted by molar-refractivity contribution is 0.0996. The minimum atomic E-state index is -0.583. The molecule has 5 heteroatoms. The normalized spacial score (nSPS) is 9.70. The number of halogens is 1. The van der Waals surface area contributed by atoms with Crippen molar-refractivity contribution in [2.24, 2.45) is 0 Å². The smallest absolute Gasteiger partial charge is 0.291 e. The maximum atomic E-state index is 13.8. The Morgan fingerprint density at radius 1 is 1.40 bits per heavy atom. The first kappa shape index (κ1) is 13.8. The molecule has 2 rings (SSSR count). The van der Waals surface area contributed by atoms with Crippen molar-refractivity contribution in [1.82, 2.24) is 0 Å². The second-order valence-electron chi connectivity index (χ2n) is 3.90. The van der Waals surface area contributed by atoms with Crippen LogP contribution in [0.3, 0.4) is 0 Å². The van der Waals surface area contributed by atoms with E-state index in [0.29, 0.717) is 12.0 Å². The Morgan fingerprint density at radius 3 is 2.90 bits per heavy atom. The van der Waals surface area contributed by atoms with E-state index >= 15 is 0 Å². The molecule has 0 saturated heterocycles. The van der Waals surface area contributed by atoms with E-state index in [-0.39, 0.29) is 18.1 Å². The highest BCUT2D eigenvalue weighted by Gasteiger charge is 2.11. The van der Waals surface area contributed by atoms with E-state index in [1.165, 1.54) is 24.5 Å². The molecule has 0 spiro atoms. The Bertz CT molecular complexity index is 653. The van der Waals surface area contributed by atoms with Crippen molar-refractivity contribution in [1.29, 1.82) is 0 Å². The molecule has 0 radical (unpaired) electrons. The fourth-order valence-electron chi connectivity index (χ4n) is 1.51. The van der Waals surface area contributed by atoms with Gasteiger partial charge in [0, 0.05) is 12.0 Å². The number of benzene rings is 1. The topological polar surface area (TPSA) is 62.5 Å². The molecule has 1 amide bonds. The van der Waals surface area contributed by atoms with Crippen LogP contribution in [-0.2, 0) is 0 Å². The zero-order valence-electron chi connectivity index (χ0n) is 10.5. The van der Waals surface area contributed by atoms with Gasteiger partial charge in [-0.25, -0.2) is 4.39 Å². The summed E-state index contributed by atoms with van der Waals surface area (Å²) in [5.41, 5.74) is 0.533. The lowest BCUT2D eigenvalue weighted by Gasteiger charge is -2.04. The van der Waals surface area contributed by atoms with Crippen molar-refractivity contribution in [2.45, 2.75) is 6.42 Å². The van der Waals surface area contributed by atoms with Gasteiger partial charge in [0.15, 0.2) is 5.76 Å². The zero-order chi connectivity index (χ0) is 14.4. The van der Waals surface area contributed by atoms with Gasteiger partial charge >= 0.3 is 0 Å². The van der Waals surface area contributed by atoms with Crippen molar-refractivity contribution in [3.8, 4) is 11.8 Å². The van der Waals surface area contributed by atoms with Gasteiger partial charge in [-0.05, 0) is 30.3 Å². The van der Waals surface area contributed by atoms with Crippen LogP contribution in [0.25, 0.3) is 0 Å². The van der Waals surface area contributed by atoms with Gasteiger partial charge in [-0.1, -0.05) is 11.8 Å². The minimum Gasteiger partial charge on any atom is -0.459 e. The number of hydrogen-bond donors (Lipinski definition) is 2. The van der Waals surface area contributed by atoms with Crippen LogP contribution in [0.4, 0.5) is 10.1 Å². The summed E-state index contributed by atoms with van der Waals surface area (Å²) in [7, 11) is 0. The Morgan fingerprint density at radius 2 is 2.25 bits per heavy atom. The Labute approximate surface area is 115 Å². The van der Waals surface area contributed by atoms with Crippen molar-refractivity contribution in [2.75, 3.05) is 11.9 Å². The standard InChI is InChI=1S/C15H12FNO3/c16-12-10-11(4-1-2-8-18)6-7-13(12)17-15(19)14-5-3-9-20-14/h3,5-7,9-10,18H,2,8H2,(H,17,19). The maximum Gasteiger partial charge on any atom is 0.291 e. The van der Waals surface area contributed by atoms with Crippen LogP contribution in [0.15, 0.2) is 41.0 Å². The van der Waals surface area contributed by atoms with Crippen LogP contribution in [0.2, 0.25) is 0 Å². The lowest BCUT2D eigenvalue weighted by atomic mass is 10.2. The number of aliphatic hydroxyl groups is 1. The third-order valence-electron chi connectivity index (χ3n) is 2.43. The monoisotopic (exact) mass is 273 g/mol. The molecule has 20 heavy (non-hydrogen) atoms. The predicted molar refractivity (Wildman–Crippen MR) is 71.6 cm³/mol. The fourth-order valence-corrected chi connectivity index (χ4v) is 1.51. The summed E-state index contributed by atoms with van der Waals surface area (Å²) in [4.78, 5) is 11.7. The van der Waals surface area contributed by atoms with Crippen LogP contribution in [-0.4, -0.2) is 17.6 Å². The molecule has 0 aliphatic rings. The third-order valence-corrected chi connectivity index (χ3v) is 2.43. The highest BCUT2D eigenvalue weighted by Crippen LogP contribution is 2.16. The lowest BCUT2D eigenvalue weighted by Crippen LogP contribution is -2.12. The molecule has 0 fully saturated rings. The van der Waals surface area contributed by atoms with Crippen LogP contribution in [0.5, 0.6) is 0 Å². The summed E-state index contributed by atoms with van der Waals surface area (Å²) in [5, 5.41) is 11.0. The molecule has 0 atom stereocenters. The molecule has 2 aromatic rings. The van der Waals surface area contributed by atoms with E-state index in [0.717, 1.165) is 0 Å². The van der Waals surface area contributed by atoms with Crippen molar-refractivity contribution in [3.05, 3.63) is 53.7 Å². The van der Waals surface area contributed by atoms with E-state index in [2.05, 4.69) is 17.2 Å². The number of aliphatic hydroxyl groups excluding tert-OH is 1. The highest BCUT2D eigenvalue weighted by molar-refractivity contribution is 6.02. The average Bonchev–Trinajstić information content (AvgIpc) is 2.96. The number of carbonyl (C=O) groups is 1. The van der Waals surface area contributed by atoms with Crippen molar-refractivity contribution in [3.63, 3.8) is 0 Å². The molecular formula is C15H12FNO3. The first-order valence-electron chi connectivity index (χ1n) is 5.95. The Kier molecular flexibility index (Phi) is 4.53. The molecule has 2 N–H and O–H groups in total. The van der Waals surface area contributed by atoms with E-state index in [9.17, 15) is 9.18 Å². The summed E-state index contributed by atoms with van der Waals surface area (Å²) < 4.78 is 18.7. The number of nitrogens with one attached hydrogen (secondary N) is 1. The van der Waals surface area contributed by atoms with Gasteiger partial charge < -0.3 is 14.8 Å². The maximum absolute atomic E-state index is 13.8. The summed E-state index contributed by atoms with van der Waals surface area (Å²) in [6, 6.07) is 7.31. The average molecular weight is 273 g/mol. The first-order chi connectivity index (χ1) is 9.70. The van der Waals surface area contributed by atoms with Gasteiger partial charge in [-0.15, -0.1) is 0 Å². The SMILES string of the molecule is O=C(Nc1ccc(C#CCCO)cc1F)c1ccco1. The molecule has 4 nitrogen and oxygen atoms in total. The largest absolute Gasteiger partial charge is 0.459 e. The number of anilines is 1. The summed E-state index contributed by atoms with van der Waals surface area (Å²) in [5.74, 6) is 4.41. The number of carbonyl (C=O) groups excluding carboxylic acids is 1. The van der Waals surface area contributed by atoms with E-state index in [4.69, 9.17) is 9.52 Å². The second-order valence-corrected chi connectivity index (χ2v) is 3.90. The van der Waals surface area contributed by atoms with E-state index < -0.39 is 11.7 Å². The quantitative estimate of drug-likeness (QED) is 0.844. The first-order valence-corrected chi connectivity index (χ1v) is 5.95. The Hall–Kier alpha value is -2.58. The van der Waals surface area contributed by atoms with E-state index in [1.807, 2.05) is 0 Å². The van der Waals surface area contributed by atoms with Crippen molar-refractivity contribution < 1.29 is 18.7 Å². The van der Waals surface area contributed by atoms with E-state index in [1.54, 1.807) is 12.1 Å². The summed E-state index contributed by atoms with van der Waals surface area (Å²) in [6.45, 7) is -0.0350. The number of amides is 1. The number of furan rings is 1. The molecule has 1 aromatic heterocycles. The molecule has 1 heterocycles. The van der Waals surface area contributed by atoms with Gasteiger partial charge in [0.2, 0.25) is 0 Å². The van der Waals surface area contributed by atoms with Crippen LogP contribution in [0.1, 0.15) is 22.5 Å². The van der Waals surface area contributed by atoms with Gasteiger partial charge in [-0.3, -0.25) is 4.79 Å². The fraction of sp³-hybridized carbons (Fsp3) is 0.133. The van der Waals surface area contributed by atoms with Gasteiger partial charge in [0.1, 0.15) is 5.82 Å². The molecule has 0 unspecified atom stereocenters. The van der Waals surface area contributed by atoms with Gasteiger partial charge in [-0.2, -0.15) is 0 Å². The minimum absolute atomic E-state index is 0.0350. The molecular weight excluding hydrogens is 261 g/mol. The van der Waals surface area contributed by atoms with Crippen LogP contribution < -0.4 is 5.32 Å². The highest BCUT2D eigenvalue weighted by atomic mass is 19.1. The summed E-state index contributed by atoms with van der Waals surface area (Å²) in [6.07, 6.45) is 1.70. The Balaban J connectivity index is 2.11. The molecule has 0 saturated carbocycles. The molecule has 0 bridgehead atoms. The van der Waals surface area contributed by atoms with Gasteiger partial charge in [0.05, 0.1) is 18.6 Å². The zero-order valence-corrected chi connectivity index (χ0v) is 10.5. The van der Waals surface area contributed by atoms with Crippen molar-refractivity contribution >= 4 is 11.6 Å². The number of hydrogen-bond acceptors (Lipinski definition) is 3. The molecule has 102 valence electrons. The number of rotatable bonds is 3. The summed E-state index contributed by atoms with van der Waals surface area (Å²) >= 11 is 0. The van der Waals surface area contributed by atoms with Gasteiger partial charge in [0.25, 0.3) is 5.91 Å². The molecule has 0 aliphatic heterocycles. The third kappa shape index (κ3) is 3.46. The second kappa shape index (κ2) is 6.55. The predicted octanol–water partition coefficient (Wildman–Crippen LogP) is 2.40. The molecule has 1 aromatic carbocycles. The molecule has 0 aliphatic carbocycles.